The molecule has 2 atom stereocenters. The highest BCUT2D eigenvalue weighted by Crippen LogP contribution is 2.52. The van der Waals surface area contributed by atoms with Crippen molar-refractivity contribution in [2.45, 2.75) is 41.7 Å². The molecule has 2 fully saturated rings. The summed E-state index contributed by atoms with van der Waals surface area (Å²) in [7, 11) is -3.95. The summed E-state index contributed by atoms with van der Waals surface area (Å²) in [4.78, 5) is 12.7. The Morgan fingerprint density at radius 1 is 0.927 bits per heavy atom. The maximum absolute atomic E-state index is 14.0. The number of hydrogen-bond acceptors (Lipinski definition) is 5. The zero-order valence-electron chi connectivity index (χ0n) is 21.5. The molecule has 1 heterocycles. The number of anilines is 1. The third-order valence-electron chi connectivity index (χ3n) is 8.12. The van der Waals surface area contributed by atoms with Gasteiger partial charge in [-0.15, -0.1) is 0 Å². The Morgan fingerprint density at radius 2 is 1.59 bits per heavy atom. The summed E-state index contributed by atoms with van der Waals surface area (Å²) < 4.78 is 74.0. The number of hydrogen-bond donors (Lipinski definition) is 1. The molecule has 2 bridgehead atoms. The minimum Gasteiger partial charge on any atom is -0.356 e. The fourth-order valence-electron chi connectivity index (χ4n) is 6.28. The van der Waals surface area contributed by atoms with Gasteiger partial charge in [-0.1, -0.05) is 47.1 Å². The Labute approximate surface area is 239 Å². The average molecular weight is 601 g/mol. The fraction of sp³-hybridized carbons (Fsp3) is 0.267. The molecule has 2 saturated carbocycles. The van der Waals surface area contributed by atoms with E-state index in [9.17, 15) is 26.4 Å². The van der Waals surface area contributed by atoms with Crippen molar-refractivity contribution in [3.8, 4) is 11.3 Å². The van der Waals surface area contributed by atoms with Crippen LogP contribution in [0, 0.1) is 29.3 Å². The Balaban J connectivity index is 1.22. The minimum absolute atomic E-state index is 0.0223. The van der Waals surface area contributed by atoms with Crippen LogP contribution in [0.2, 0.25) is 5.02 Å². The molecule has 0 spiro atoms. The Morgan fingerprint density at radius 3 is 2.24 bits per heavy atom. The number of fused-ring (bicyclic) bond motifs is 2. The minimum atomic E-state index is -3.95. The lowest BCUT2D eigenvalue weighted by Crippen LogP contribution is -2.37. The van der Waals surface area contributed by atoms with Crippen LogP contribution in [0.15, 0.2) is 76.1 Å². The quantitative estimate of drug-likeness (QED) is 0.233. The number of rotatable bonds is 6. The van der Waals surface area contributed by atoms with E-state index in [2.05, 4.69) is 10.5 Å². The molecular formula is C30H24ClF3N2O4S. The van der Waals surface area contributed by atoms with Crippen molar-refractivity contribution in [3.63, 3.8) is 0 Å². The molecule has 11 heteroatoms. The lowest BCUT2D eigenvalue weighted by atomic mass is 9.79. The molecule has 41 heavy (non-hydrogen) atoms. The molecule has 2 aliphatic rings. The lowest BCUT2D eigenvalue weighted by molar-refractivity contribution is 0.102. The zero-order chi connectivity index (χ0) is 28.9. The second-order valence-electron chi connectivity index (χ2n) is 10.6. The van der Waals surface area contributed by atoms with Crippen LogP contribution < -0.4 is 5.32 Å². The summed E-state index contributed by atoms with van der Waals surface area (Å²) in [5.74, 6) is -4.94. The van der Waals surface area contributed by atoms with Crippen molar-refractivity contribution < 1.29 is 30.9 Å². The molecule has 1 N–H and O–H groups in total. The Kier molecular flexibility index (Phi) is 7.15. The standard InChI is InChI=1S/C30H24ClF3N2O4S/c31-22-9-8-19(30(37)35-21-13-23(32)28(34)24(33)14-21)12-27(22)41(38,39)29-17-6-7-18(29)11-20(10-17)25-15-26(40-36-25)16-4-2-1-3-5-16/h1-5,8-9,12-15,17-18,20,29H,6-7,10-11H2,(H,35,37). The van der Waals surface area contributed by atoms with Crippen molar-refractivity contribution >= 4 is 33.0 Å². The van der Waals surface area contributed by atoms with Gasteiger partial charge in [0.25, 0.3) is 5.91 Å². The Hall–Kier alpha value is -3.63. The van der Waals surface area contributed by atoms with Crippen molar-refractivity contribution in [2.75, 3.05) is 5.32 Å². The first kappa shape index (κ1) is 27.5. The van der Waals surface area contributed by atoms with Crippen LogP contribution in [-0.4, -0.2) is 24.7 Å². The van der Waals surface area contributed by atoms with E-state index in [1.54, 1.807) is 0 Å². The second-order valence-corrected chi connectivity index (χ2v) is 13.1. The van der Waals surface area contributed by atoms with Crippen LogP contribution in [-0.2, 0) is 9.84 Å². The number of nitrogens with one attached hydrogen (secondary N) is 1. The van der Waals surface area contributed by atoms with E-state index < -0.39 is 38.4 Å². The van der Waals surface area contributed by atoms with Crippen molar-refractivity contribution in [2.24, 2.45) is 11.8 Å². The molecule has 6 rings (SSSR count). The predicted octanol–water partition coefficient (Wildman–Crippen LogP) is 7.41. The van der Waals surface area contributed by atoms with Crippen molar-refractivity contribution in [1.29, 1.82) is 0 Å². The van der Waals surface area contributed by atoms with Gasteiger partial charge in [0.05, 0.1) is 20.9 Å². The molecule has 1 aromatic heterocycles. The van der Waals surface area contributed by atoms with Gasteiger partial charge >= 0.3 is 0 Å². The van der Waals surface area contributed by atoms with Crippen LogP contribution in [0.1, 0.15) is 47.7 Å². The van der Waals surface area contributed by atoms with Gasteiger partial charge in [-0.05, 0) is 55.7 Å². The van der Waals surface area contributed by atoms with Crippen LogP contribution in [0.5, 0.6) is 0 Å². The zero-order valence-corrected chi connectivity index (χ0v) is 23.1. The number of carbonyl (C=O) groups excluding carboxylic acids is 1. The summed E-state index contributed by atoms with van der Waals surface area (Å²) in [6, 6.07) is 16.6. The highest BCUT2D eigenvalue weighted by molar-refractivity contribution is 7.92. The molecule has 3 aromatic carbocycles. The normalized spacial score (nSPS) is 22.0. The summed E-state index contributed by atoms with van der Waals surface area (Å²) in [6.45, 7) is 0. The molecule has 2 aliphatic carbocycles. The fourth-order valence-corrected chi connectivity index (χ4v) is 9.15. The molecule has 0 aliphatic heterocycles. The number of halogens is 4. The van der Waals surface area contributed by atoms with Gasteiger partial charge in [0.2, 0.25) is 0 Å². The highest BCUT2D eigenvalue weighted by Gasteiger charge is 2.50. The molecule has 0 saturated heterocycles. The van der Waals surface area contributed by atoms with E-state index >= 15 is 0 Å². The number of benzene rings is 3. The highest BCUT2D eigenvalue weighted by atomic mass is 35.5. The molecule has 6 nitrogen and oxygen atoms in total. The first-order chi connectivity index (χ1) is 19.6. The third-order valence-corrected chi connectivity index (χ3v) is 11.0. The number of nitrogens with zero attached hydrogens (tertiary/aromatic N) is 1. The van der Waals surface area contributed by atoms with E-state index in [1.165, 1.54) is 18.2 Å². The van der Waals surface area contributed by atoms with Gasteiger partial charge in [-0.2, -0.15) is 0 Å². The van der Waals surface area contributed by atoms with Crippen LogP contribution in [0.3, 0.4) is 0 Å². The summed E-state index contributed by atoms with van der Waals surface area (Å²) in [5.41, 5.74) is 1.33. The van der Waals surface area contributed by atoms with E-state index in [0.717, 1.165) is 24.1 Å². The largest absolute Gasteiger partial charge is 0.356 e. The van der Waals surface area contributed by atoms with Crippen LogP contribution in [0.25, 0.3) is 11.3 Å². The molecule has 0 radical (unpaired) electrons. The summed E-state index contributed by atoms with van der Waals surface area (Å²) in [5, 5.41) is 5.88. The van der Waals surface area contributed by atoms with Crippen molar-refractivity contribution in [1.82, 2.24) is 5.16 Å². The van der Waals surface area contributed by atoms with E-state index in [0.29, 0.717) is 30.7 Å². The summed E-state index contributed by atoms with van der Waals surface area (Å²) >= 11 is 6.35. The number of aromatic nitrogens is 1. The number of sulfone groups is 1. The maximum Gasteiger partial charge on any atom is 0.255 e. The van der Waals surface area contributed by atoms with Crippen molar-refractivity contribution in [3.05, 3.63) is 100 Å². The molecular weight excluding hydrogens is 577 g/mol. The van der Waals surface area contributed by atoms with Crippen LogP contribution >= 0.6 is 11.6 Å². The molecule has 212 valence electrons. The van der Waals surface area contributed by atoms with E-state index in [-0.39, 0.29) is 38.9 Å². The summed E-state index contributed by atoms with van der Waals surface area (Å²) in [6.07, 6.45) is 2.74. The lowest BCUT2D eigenvalue weighted by Gasteiger charge is -2.34. The van der Waals surface area contributed by atoms with Gasteiger partial charge in [0, 0.05) is 40.9 Å². The van der Waals surface area contributed by atoms with Gasteiger partial charge in [-0.25, -0.2) is 21.6 Å². The molecule has 4 aromatic rings. The third kappa shape index (κ3) is 5.15. The first-order valence-corrected chi connectivity index (χ1v) is 15.1. The number of carbonyl (C=O) groups is 1. The maximum atomic E-state index is 14.0. The first-order valence-electron chi connectivity index (χ1n) is 13.1. The van der Waals surface area contributed by atoms with Gasteiger partial charge in [0.1, 0.15) is 0 Å². The topological polar surface area (TPSA) is 89.3 Å². The van der Waals surface area contributed by atoms with E-state index in [1.807, 2.05) is 36.4 Å². The molecule has 2 unspecified atom stereocenters. The van der Waals surface area contributed by atoms with Gasteiger partial charge < -0.3 is 9.84 Å². The monoisotopic (exact) mass is 600 g/mol. The van der Waals surface area contributed by atoms with Gasteiger partial charge in [0.15, 0.2) is 33.0 Å². The van der Waals surface area contributed by atoms with Gasteiger partial charge in [-0.3, -0.25) is 4.79 Å². The Bertz CT molecular complexity index is 1710. The van der Waals surface area contributed by atoms with E-state index in [4.69, 9.17) is 16.1 Å². The average Bonchev–Trinajstić information content (AvgIpc) is 3.55. The van der Waals surface area contributed by atoms with Crippen LogP contribution in [0.4, 0.5) is 18.9 Å². The number of amides is 1. The predicted molar refractivity (Wildman–Crippen MR) is 147 cm³/mol. The second kappa shape index (κ2) is 10.6. The SMILES string of the molecule is O=C(Nc1cc(F)c(F)c(F)c1)c1ccc(Cl)c(S(=O)(=O)C2C3CCC2CC(c2cc(-c4ccccc4)on2)C3)c1. The molecule has 1 amide bonds. The smallest absolute Gasteiger partial charge is 0.255 e.